The normalized spacial score (nSPS) is 13.6. The van der Waals surface area contributed by atoms with Gasteiger partial charge in [0.05, 0.1) is 25.9 Å². The topological polar surface area (TPSA) is 58.7 Å². The van der Waals surface area contributed by atoms with Crippen LogP contribution in [0.25, 0.3) is 0 Å². The van der Waals surface area contributed by atoms with Crippen LogP contribution in [0.15, 0.2) is 41.1 Å². The summed E-state index contributed by atoms with van der Waals surface area (Å²) < 4.78 is 7.43. The minimum absolute atomic E-state index is 0.0509. The highest BCUT2D eigenvalue weighted by molar-refractivity contribution is 5.87. The molecule has 2 heterocycles. The number of amides is 2. The van der Waals surface area contributed by atoms with Crippen LogP contribution < -0.4 is 0 Å². The van der Waals surface area contributed by atoms with Crippen LogP contribution in [-0.4, -0.2) is 39.3 Å². The summed E-state index contributed by atoms with van der Waals surface area (Å²) in [7, 11) is 1.96. The zero-order valence-electron chi connectivity index (χ0n) is 15.6. The van der Waals surface area contributed by atoms with Crippen LogP contribution in [0.1, 0.15) is 37.6 Å². The standard InChI is InChI=1S/C20H27N3O3/c1-3-10-22(20(25)16-8-9-16)15-19(24)23(14-18-7-5-12-26-18)13-17-6-4-11-21(17)2/h4-7,11-12,16H,3,8-10,13-15H2,1-2H3. The van der Waals surface area contributed by atoms with Gasteiger partial charge in [0.25, 0.3) is 0 Å². The number of aromatic nitrogens is 1. The summed E-state index contributed by atoms with van der Waals surface area (Å²) in [4.78, 5) is 29.0. The smallest absolute Gasteiger partial charge is 0.242 e. The quantitative estimate of drug-likeness (QED) is 0.693. The van der Waals surface area contributed by atoms with Gasteiger partial charge in [-0.25, -0.2) is 0 Å². The third-order valence-electron chi connectivity index (χ3n) is 4.74. The molecule has 0 N–H and O–H groups in total. The zero-order valence-corrected chi connectivity index (χ0v) is 15.6. The van der Waals surface area contributed by atoms with Gasteiger partial charge in [0.1, 0.15) is 5.76 Å². The maximum absolute atomic E-state index is 13.0. The molecular formula is C20H27N3O3. The number of rotatable bonds is 9. The second-order valence-electron chi connectivity index (χ2n) is 6.97. The molecule has 3 rings (SSSR count). The summed E-state index contributed by atoms with van der Waals surface area (Å²) in [5, 5.41) is 0. The van der Waals surface area contributed by atoms with E-state index in [0.717, 1.165) is 30.7 Å². The van der Waals surface area contributed by atoms with E-state index in [1.807, 2.05) is 49.0 Å². The molecule has 0 aromatic carbocycles. The van der Waals surface area contributed by atoms with Gasteiger partial charge < -0.3 is 18.8 Å². The first kappa shape index (κ1) is 18.3. The molecule has 2 aromatic rings. The van der Waals surface area contributed by atoms with Crippen LogP contribution in [0.4, 0.5) is 0 Å². The van der Waals surface area contributed by atoms with Crippen LogP contribution in [0.5, 0.6) is 0 Å². The largest absolute Gasteiger partial charge is 0.467 e. The molecule has 0 atom stereocenters. The lowest BCUT2D eigenvalue weighted by molar-refractivity contribution is -0.142. The van der Waals surface area contributed by atoms with Crippen LogP contribution in [-0.2, 0) is 29.7 Å². The summed E-state index contributed by atoms with van der Waals surface area (Å²) in [6.45, 7) is 3.67. The lowest BCUT2D eigenvalue weighted by Gasteiger charge is -2.27. The van der Waals surface area contributed by atoms with Gasteiger partial charge in [-0.15, -0.1) is 0 Å². The summed E-state index contributed by atoms with van der Waals surface area (Å²) in [5.41, 5.74) is 1.04. The second kappa shape index (κ2) is 8.25. The summed E-state index contributed by atoms with van der Waals surface area (Å²) in [6, 6.07) is 7.65. The molecule has 2 amide bonds. The van der Waals surface area contributed by atoms with E-state index in [2.05, 4.69) is 0 Å². The molecule has 6 heteroatoms. The van der Waals surface area contributed by atoms with Crippen molar-refractivity contribution >= 4 is 11.8 Å². The highest BCUT2D eigenvalue weighted by Crippen LogP contribution is 2.31. The zero-order chi connectivity index (χ0) is 18.5. The first-order valence-corrected chi connectivity index (χ1v) is 9.27. The maximum atomic E-state index is 13.0. The van der Waals surface area contributed by atoms with Gasteiger partial charge >= 0.3 is 0 Å². The lowest BCUT2D eigenvalue weighted by Crippen LogP contribution is -2.43. The number of aryl methyl sites for hydroxylation is 1. The number of carbonyl (C=O) groups excluding carboxylic acids is 2. The minimum atomic E-state index is -0.0509. The van der Waals surface area contributed by atoms with E-state index in [4.69, 9.17) is 4.42 Å². The predicted molar refractivity (Wildman–Crippen MR) is 98.0 cm³/mol. The molecular weight excluding hydrogens is 330 g/mol. The molecule has 0 radical (unpaired) electrons. The fraction of sp³-hybridized carbons (Fsp3) is 0.500. The molecule has 0 aliphatic heterocycles. The van der Waals surface area contributed by atoms with Crippen LogP contribution in [0.2, 0.25) is 0 Å². The van der Waals surface area contributed by atoms with E-state index in [-0.39, 0.29) is 24.3 Å². The van der Waals surface area contributed by atoms with Crippen molar-refractivity contribution in [2.45, 2.75) is 39.3 Å². The van der Waals surface area contributed by atoms with Crippen molar-refractivity contribution in [2.75, 3.05) is 13.1 Å². The molecule has 0 bridgehead atoms. The Balaban J connectivity index is 1.72. The third kappa shape index (κ3) is 4.56. The molecule has 26 heavy (non-hydrogen) atoms. The van der Waals surface area contributed by atoms with E-state index in [9.17, 15) is 9.59 Å². The van der Waals surface area contributed by atoms with Gasteiger partial charge in [0.2, 0.25) is 11.8 Å². The summed E-state index contributed by atoms with van der Waals surface area (Å²) in [6.07, 6.45) is 6.33. The van der Waals surface area contributed by atoms with Crippen LogP contribution in [0.3, 0.4) is 0 Å². The highest BCUT2D eigenvalue weighted by atomic mass is 16.3. The summed E-state index contributed by atoms with van der Waals surface area (Å²) >= 11 is 0. The van der Waals surface area contributed by atoms with E-state index >= 15 is 0 Å². The van der Waals surface area contributed by atoms with Gasteiger partial charge in [-0.1, -0.05) is 6.92 Å². The average molecular weight is 357 g/mol. The fourth-order valence-electron chi connectivity index (χ4n) is 3.07. The Morgan fingerprint density at radius 2 is 2.00 bits per heavy atom. The molecule has 1 saturated carbocycles. The molecule has 1 fully saturated rings. The van der Waals surface area contributed by atoms with E-state index < -0.39 is 0 Å². The Labute approximate surface area is 154 Å². The third-order valence-corrected chi connectivity index (χ3v) is 4.74. The SMILES string of the molecule is CCCN(CC(=O)N(Cc1ccco1)Cc1cccn1C)C(=O)C1CC1. The Morgan fingerprint density at radius 1 is 1.19 bits per heavy atom. The van der Waals surface area contributed by atoms with Gasteiger partial charge in [0.15, 0.2) is 0 Å². The predicted octanol–water partition coefficient (Wildman–Crippen LogP) is 2.80. The van der Waals surface area contributed by atoms with Gasteiger partial charge in [-0.05, 0) is 43.5 Å². The molecule has 140 valence electrons. The maximum Gasteiger partial charge on any atom is 0.242 e. The van der Waals surface area contributed by atoms with Crippen molar-refractivity contribution in [3.8, 4) is 0 Å². The minimum Gasteiger partial charge on any atom is -0.467 e. The Bertz CT molecular complexity index is 731. The molecule has 6 nitrogen and oxygen atoms in total. The molecule has 1 aliphatic rings. The van der Waals surface area contributed by atoms with E-state index in [1.54, 1.807) is 16.1 Å². The Hall–Kier alpha value is -2.50. The van der Waals surface area contributed by atoms with Gasteiger partial charge in [0, 0.05) is 31.4 Å². The molecule has 0 spiro atoms. The monoisotopic (exact) mass is 357 g/mol. The molecule has 0 unspecified atom stereocenters. The van der Waals surface area contributed by atoms with Crippen LogP contribution in [0, 0.1) is 5.92 Å². The Morgan fingerprint density at radius 3 is 2.58 bits per heavy atom. The van der Waals surface area contributed by atoms with Crippen molar-refractivity contribution in [1.29, 1.82) is 0 Å². The fourth-order valence-corrected chi connectivity index (χ4v) is 3.07. The van der Waals surface area contributed by atoms with Crippen molar-refractivity contribution in [3.05, 3.63) is 48.2 Å². The van der Waals surface area contributed by atoms with Crippen molar-refractivity contribution in [2.24, 2.45) is 13.0 Å². The van der Waals surface area contributed by atoms with Crippen molar-refractivity contribution < 1.29 is 14.0 Å². The first-order valence-electron chi connectivity index (χ1n) is 9.27. The first-order chi connectivity index (χ1) is 12.6. The average Bonchev–Trinajstić information content (AvgIpc) is 3.21. The number of carbonyl (C=O) groups is 2. The number of furan rings is 1. The van der Waals surface area contributed by atoms with Gasteiger partial charge in [-0.2, -0.15) is 0 Å². The van der Waals surface area contributed by atoms with Crippen molar-refractivity contribution in [1.82, 2.24) is 14.4 Å². The molecule has 1 aliphatic carbocycles. The molecule has 2 aromatic heterocycles. The Kier molecular flexibility index (Phi) is 5.81. The number of hydrogen-bond acceptors (Lipinski definition) is 3. The van der Waals surface area contributed by atoms with Gasteiger partial charge in [-0.3, -0.25) is 9.59 Å². The van der Waals surface area contributed by atoms with Crippen LogP contribution >= 0.6 is 0 Å². The van der Waals surface area contributed by atoms with E-state index in [0.29, 0.717) is 19.6 Å². The highest BCUT2D eigenvalue weighted by Gasteiger charge is 2.34. The van der Waals surface area contributed by atoms with E-state index in [1.165, 1.54) is 0 Å². The van der Waals surface area contributed by atoms with Crippen molar-refractivity contribution in [3.63, 3.8) is 0 Å². The second-order valence-corrected chi connectivity index (χ2v) is 6.97. The number of nitrogens with zero attached hydrogens (tertiary/aromatic N) is 3. The number of hydrogen-bond donors (Lipinski definition) is 0. The summed E-state index contributed by atoms with van der Waals surface area (Å²) in [5.74, 6) is 0.936. The molecule has 0 saturated heterocycles. The lowest BCUT2D eigenvalue weighted by atomic mass is 10.2.